The highest BCUT2D eigenvalue weighted by molar-refractivity contribution is 9.10. The summed E-state index contributed by atoms with van der Waals surface area (Å²) in [4.78, 5) is 30.6. The van der Waals surface area contributed by atoms with Gasteiger partial charge in [-0.25, -0.2) is 9.37 Å². The molecular weight excluding hydrogens is 463 g/mol. The number of nitrogens with zero attached hydrogens (tertiary/aromatic N) is 2. The van der Waals surface area contributed by atoms with Crippen LogP contribution in [-0.4, -0.2) is 15.2 Å². The minimum atomic E-state index is -0.452. The quantitative estimate of drug-likeness (QED) is 0.349. The van der Waals surface area contributed by atoms with Gasteiger partial charge in [0.1, 0.15) is 18.1 Å². The van der Waals surface area contributed by atoms with E-state index in [1.165, 1.54) is 16.5 Å². The van der Waals surface area contributed by atoms with Gasteiger partial charge in [-0.2, -0.15) is 0 Å². The van der Waals surface area contributed by atoms with Crippen LogP contribution < -0.4 is 10.3 Å². The largest absolute Gasteiger partial charge is 0.481 e. The van der Waals surface area contributed by atoms with E-state index in [0.29, 0.717) is 16.5 Å². The summed E-state index contributed by atoms with van der Waals surface area (Å²) in [5, 5.41) is 0. The third-order valence-corrected chi connectivity index (χ3v) is 5.26. The molecule has 0 saturated heterocycles. The first-order valence-corrected chi connectivity index (χ1v) is 10.5. The lowest BCUT2D eigenvalue weighted by Gasteiger charge is -2.12. The van der Waals surface area contributed by atoms with Crippen molar-refractivity contribution in [3.63, 3.8) is 0 Å². The summed E-state index contributed by atoms with van der Waals surface area (Å²) in [7, 11) is 0. The molecule has 0 N–H and O–H groups in total. The maximum absolute atomic E-state index is 13.1. The number of ether oxygens (including phenoxy) is 1. The van der Waals surface area contributed by atoms with Crippen molar-refractivity contribution in [1.29, 1.82) is 0 Å². The van der Waals surface area contributed by atoms with Crippen LogP contribution >= 0.6 is 15.9 Å². The number of pyridine rings is 1. The van der Waals surface area contributed by atoms with Crippen molar-refractivity contribution in [2.75, 3.05) is 0 Å². The predicted molar refractivity (Wildman–Crippen MR) is 119 cm³/mol. The van der Waals surface area contributed by atoms with E-state index in [1.54, 1.807) is 30.5 Å². The first-order valence-electron chi connectivity index (χ1n) is 9.67. The molecule has 5 nitrogen and oxygen atoms in total. The zero-order chi connectivity index (χ0) is 21.8. The number of carbonyl (C=O) groups is 1. The van der Waals surface area contributed by atoms with Gasteiger partial charge in [-0.15, -0.1) is 0 Å². The van der Waals surface area contributed by atoms with Gasteiger partial charge in [0.25, 0.3) is 0 Å². The van der Waals surface area contributed by atoms with Gasteiger partial charge >= 0.3 is 5.56 Å². The molecule has 0 atom stereocenters. The lowest BCUT2D eigenvalue weighted by atomic mass is 10.1. The average molecular weight is 481 g/mol. The zero-order valence-electron chi connectivity index (χ0n) is 16.4. The van der Waals surface area contributed by atoms with Crippen LogP contribution in [0.5, 0.6) is 5.75 Å². The number of ketones is 1. The molecule has 4 rings (SSSR count). The van der Waals surface area contributed by atoms with Crippen molar-refractivity contribution in [3.8, 4) is 5.75 Å². The van der Waals surface area contributed by atoms with Gasteiger partial charge in [0.05, 0.1) is 0 Å². The van der Waals surface area contributed by atoms with Crippen LogP contribution in [0.2, 0.25) is 0 Å². The van der Waals surface area contributed by atoms with Crippen molar-refractivity contribution in [2.24, 2.45) is 0 Å². The highest BCUT2D eigenvalue weighted by Gasteiger charge is 2.21. The van der Waals surface area contributed by atoms with E-state index in [2.05, 4.69) is 20.9 Å². The lowest BCUT2D eigenvalue weighted by Crippen LogP contribution is -2.22. The number of carbonyl (C=O) groups excluding carboxylic acids is 1. The molecule has 0 saturated carbocycles. The van der Waals surface area contributed by atoms with Crippen molar-refractivity contribution in [1.82, 2.24) is 9.38 Å². The van der Waals surface area contributed by atoms with E-state index in [1.807, 2.05) is 30.3 Å². The molecule has 0 spiro atoms. The molecule has 7 heteroatoms. The Hall–Kier alpha value is -3.32. The summed E-state index contributed by atoms with van der Waals surface area (Å²) >= 11 is 3.35. The Labute approximate surface area is 186 Å². The molecule has 0 fully saturated rings. The van der Waals surface area contributed by atoms with Crippen LogP contribution in [0.1, 0.15) is 28.0 Å². The van der Waals surface area contributed by atoms with Gasteiger partial charge in [0.15, 0.2) is 11.5 Å². The van der Waals surface area contributed by atoms with Crippen LogP contribution in [0.25, 0.3) is 5.65 Å². The normalized spacial score (nSPS) is 10.9. The van der Waals surface area contributed by atoms with Crippen molar-refractivity contribution in [3.05, 3.63) is 110 Å². The number of hydrogen-bond donors (Lipinski definition) is 0. The number of fused-ring (bicyclic) bond motifs is 1. The standard InChI is InChI=1S/C24H18BrFN2O3/c25-18-9-13-21-27-22(20(29)12-8-16-6-10-19(26)11-7-16)23(24(30)28(21)14-18)31-15-17-4-2-1-3-5-17/h1-7,9-11,13-14H,8,12,15H2. The van der Waals surface area contributed by atoms with E-state index in [9.17, 15) is 14.0 Å². The maximum Gasteiger partial charge on any atom is 0.301 e. The summed E-state index contributed by atoms with van der Waals surface area (Å²) in [5.74, 6) is -0.722. The van der Waals surface area contributed by atoms with Crippen LogP contribution in [0.4, 0.5) is 4.39 Å². The summed E-state index contributed by atoms with van der Waals surface area (Å²) < 4.78 is 21.0. The van der Waals surface area contributed by atoms with E-state index in [0.717, 1.165) is 11.1 Å². The second-order valence-corrected chi connectivity index (χ2v) is 7.91. The molecule has 0 aliphatic carbocycles. The fraction of sp³-hybridized carbons (Fsp3) is 0.125. The van der Waals surface area contributed by atoms with E-state index < -0.39 is 5.56 Å². The van der Waals surface area contributed by atoms with Gasteiger partial charge in [0, 0.05) is 17.1 Å². The topological polar surface area (TPSA) is 60.7 Å². The average Bonchev–Trinajstić information content (AvgIpc) is 2.79. The summed E-state index contributed by atoms with van der Waals surface area (Å²) in [6.07, 6.45) is 2.11. The number of hydrogen-bond acceptors (Lipinski definition) is 4. The fourth-order valence-corrected chi connectivity index (χ4v) is 3.51. The van der Waals surface area contributed by atoms with Crippen LogP contribution in [0.15, 0.2) is 82.2 Å². The van der Waals surface area contributed by atoms with E-state index >= 15 is 0 Å². The Morgan fingerprint density at radius 3 is 2.48 bits per heavy atom. The van der Waals surface area contributed by atoms with Crippen LogP contribution in [-0.2, 0) is 13.0 Å². The Morgan fingerprint density at radius 1 is 1.00 bits per heavy atom. The SMILES string of the molecule is O=C(CCc1ccc(F)cc1)c1nc2ccc(Br)cn2c(=O)c1OCc1ccccc1. The Morgan fingerprint density at radius 2 is 1.74 bits per heavy atom. The first-order chi connectivity index (χ1) is 15.0. The number of halogens is 2. The van der Waals surface area contributed by atoms with Crippen molar-refractivity contribution < 1.29 is 13.9 Å². The third kappa shape index (κ3) is 4.88. The number of benzene rings is 2. The summed E-state index contributed by atoms with van der Waals surface area (Å²) in [6.45, 7) is 0.135. The second-order valence-electron chi connectivity index (χ2n) is 6.99. The van der Waals surface area contributed by atoms with Crippen molar-refractivity contribution >= 4 is 27.4 Å². The molecule has 2 aromatic heterocycles. The molecular formula is C24H18BrFN2O3. The van der Waals surface area contributed by atoms with Crippen molar-refractivity contribution in [2.45, 2.75) is 19.4 Å². The number of aromatic nitrogens is 2. The molecule has 4 aromatic rings. The summed E-state index contributed by atoms with van der Waals surface area (Å²) in [5.41, 5.74) is 1.59. The number of rotatable bonds is 7. The lowest BCUT2D eigenvalue weighted by molar-refractivity contribution is 0.0972. The molecule has 0 amide bonds. The minimum absolute atomic E-state index is 0.00497. The van der Waals surface area contributed by atoms with Gasteiger partial charge in [-0.3, -0.25) is 14.0 Å². The predicted octanol–water partition coefficient (Wildman–Crippen LogP) is 4.99. The number of Topliss-reactive ketones (excluding diaryl/α,β-unsaturated/α-hetero) is 1. The molecule has 2 heterocycles. The first kappa shape index (κ1) is 20.9. The highest BCUT2D eigenvalue weighted by atomic mass is 79.9. The molecule has 2 aromatic carbocycles. The Balaban J connectivity index is 1.67. The number of aryl methyl sites for hydroxylation is 1. The molecule has 0 aliphatic heterocycles. The maximum atomic E-state index is 13.1. The van der Waals surface area contributed by atoms with Crippen LogP contribution in [0.3, 0.4) is 0 Å². The Kier molecular flexibility index (Phi) is 6.23. The molecule has 0 bridgehead atoms. The molecule has 0 radical (unpaired) electrons. The van der Waals surface area contributed by atoms with Gasteiger partial charge in [-0.1, -0.05) is 42.5 Å². The van der Waals surface area contributed by atoms with E-state index in [4.69, 9.17) is 4.74 Å². The second kappa shape index (κ2) is 9.22. The molecule has 31 heavy (non-hydrogen) atoms. The molecule has 0 aliphatic rings. The highest BCUT2D eigenvalue weighted by Crippen LogP contribution is 2.19. The zero-order valence-corrected chi connectivity index (χ0v) is 18.0. The van der Waals surface area contributed by atoms with Gasteiger partial charge in [-0.05, 0) is 57.7 Å². The fourth-order valence-electron chi connectivity index (χ4n) is 3.17. The Bertz CT molecular complexity index is 1290. The monoisotopic (exact) mass is 480 g/mol. The molecule has 0 unspecified atom stereocenters. The van der Waals surface area contributed by atoms with Gasteiger partial charge < -0.3 is 4.74 Å². The van der Waals surface area contributed by atoms with Gasteiger partial charge in [0.2, 0.25) is 5.75 Å². The van der Waals surface area contributed by atoms with E-state index in [-0.39, 0.29) is 36.1 Å². The minimum Gasteiger partial charge on any atom is -0.481 e. The summed E-state index contributed by atoms with van der Waals surface area (Å²) in [6, 6.07) is 18.8. The smallest absolute Gasteiger partial charge is 0.301 e. The van der Waals surface area contributed by atoms with Crippen LogP contribution in [0, 0.1) is 5.82 Å². The third-order valence-electron chi connectivity index (χ3n) is 4.79. The molecule has 156 valence electrons.